The number of hydrogen-bond acceptors (Lipinski definition) is 8. The Balaban J connectivity index is 1.37. The molecule has 5 heterocycles. The summed E-state index contributed by atoms with van der Waals surface area (Å²) in [6.07, 6.45) is 5.45. The van der Waals surface area contributed by atoms with Crippen molar-refractivity contribution in [2.45, 2.75) is 0 Å². The molecular weight excluding hydrogens is 372 g/mol. The predicted octanol–water partition coefficient (Wildman–Crippen LogP) is 2.97. The standard InChI is InChI=1S/C19H20N8S/c1-26-6-8-27(9-7-26)14-4-5-20-17(10-14)25-19-24-16-3-2-15(23-18(16)28-19)13-11-21-22-12-13/h2-5,10-12H,6-9H2,1H3,(H,21,22)(H,20,24,25). The van der Waals surface area contributed by atoms with Crippen LogP contribution in [0.3, 0.4) is 0 Å². The lowest BCUT2D eigenvalue weighted by Crippen LogP contribution is -2.44. The van der Waals surface area contributed by atoms with Crippen molar-refractivity contribution in [2.24, 2.45) is 0 Å². The molecule has 1 saturated heterocycles. The Kier molecular flexibility index (Phi) is 4.38. The summed E-state index contributed by atoms with van der Waals surface area (Å²) in [5, 5.41) is 10.9. The second-order valence-corrected chi connectivity index (χ2v) is 7.82. The minimum Gasteiger partial charge on any atom is -0.369 e. The van der Waals surface area contributed by atoms with E-state index in [-0.39, 0.29) is 0 Å². The summed E-state index contributed by atoms with van der Waals surface area (Å²) in [5.41, 5.74) is 3.90. The molecule has 142 valence electrons. The number of anilines is 3. The molecule has 0 bridgehead atoms. The van der Waals surface area contributed by atoms with Gasteiger partial charge in [-0.05, 0) is 25.2 Å². The van der Waals surface area contributed by atoms with Gasteiger partial charge in [-0.25, -0.2) is 15.0 Å². The third-order valence-corrected chi connectivity index (χ3v) is 5.78. The van der Waals surface area contributed by atoms with E-state index in [1.807, 2.05) is 24.5 Å². The number of fused-ring (bicyclic) bond motifs is 1. The fourth-order valence-corrected chi connectivity index (χ4v) is 4.13. The summed E-state index contributed by atoms with van der Waals surface area (Å²) in [7, 11) is 2.16. The lowest BCUT2D eigenvalue weighted by Gasteiger charge is -2.34. The first kappa shape index (κ1) is 17.1. The first-order valence-electron chi connectivity index (χ1n) is 9.18. The van der Waals surface area contributed by atoms with Crippen molar-refractivity contribution in [2.75, 3.05) is 43.4 Å². The number of piperazine rings is 1. The van der Waals surface area contributed by atoms with Crippen LogP contribution in [0, 0.1) is 0 Å². The van der Waals surface area contributed by atoms with Crippen molar-refractivity contribution in [1.82, 2.24) is 30.0 Å². The maximum absolute atomic E-state index is 4.70. The lowest BCUT2D eigenvalue weighted by atomic mass is 10.2. The molecule has 8 nitrogen and oxygen atoms in total. The zero-order valence-electron chi connectivity index (χ0n) is 15.5. The van der Waals surface area contributed by atoms with Gasteiger partial charge in [-0.15, -0.1) is 0 Å². The molecule has 4 aromatic heterocycles. The first-order chi connectivity index (χ1) is 13.7. The van der Waals surface area contributed by atoms with Crippen LogP contribution in [0.25, 0.3) is 21.6 Å². The average molecular weight is 392 g/mol. The Morgan fingerprint density at radius 2 is 2.00 bits per heavy atom. The van der Waals surface area contributed by atoms with E-state index in [1.54, 1.807) is 6.20 Å². The molecule has 1 aliphatic heterocycles. The number of pyridine rings is 2. The van der Waals surface area contributed by atoms with Gasteiger partial charge < -0.3 is 15.1 Å². The number of nitrogens with zero attached hydrogens (tertiary/aromatic N) is 6. The van der Waals surface area contributed by atoms with Crippen LogP contribution in [0.5, 0.6) is 0 Å². The molecule has 1 aliphatic rings. The highest BCUT2D eigenvalue weighted by Gasteiger charge is 2.15. The molecule has 0 spiro atoms. The molecule has 0 amide bonds. The largest absolute Gasteiger partial charge is 0.369 e. The second kappa shape index (κ2) is 7.17. The van der Waals surface area contributed by atoms with E-state index in [9.17, 15) is 0 Å². The molecule has 1 fully saturated rings. The second-order valence-electron chi connectivity index (χ2n) is 6.84. The van der Waals surface area contributed by atoms with E-state index in [4.69, 9.17) is 4.98 Å². The molecular formula is C19H20N8S. The number of likely N-dealkylation sites (N-methyl/N-ethyl adjacent to an activating group) is 1. The molecule has 0 atom stereocenters. The highest BCUT2D eigenvalue weighted by atomic mass is 32.1. The molecule has 0 unspecified atom stereocenters. The van der Waals surface area contributed by atoms with Crippen LogP contribution in [0.1, 0.15) is 0 Å². The van der Waals surface area contributed by atoms with Gasteiger partial charge in [0, 0.05) is 55.9 Å². The number of aromatic amines is 1. The van der Waals surface area contributed by atoms with Gasteiger partial charge in [-0.3, -0.25) is 5.10 Å². The van der Waals surface area contributed by atoms with Gasteiger partial charge in [-0.2, -0.15) is 5.10 Å². The van der Waals surface area contributed by atoms with Gasteiger partial charge in [0.15, 0.2) is 5.13 Å². The fraction of sp³-hybridized carbons (Fsp3) is 0.263. The molecule has 9 heteroatoms. The van der Waals surface area contributed by atoms with Gasteiger partial charge in [0.2, 0.25) is 0 Å². The van der Waals surface area contributed by atoms with E-state index in [2.05, 4.69) is 54.5 Å². The summed E-state index contributed by atoms with van der Waals surface area (Å²) < 4.78 is 0. The Morgan fingerprint density at radius 3 is 2.82 bits per heavy atom. The minimum atomic E-state index is 0.787. The summed E-state index contributed by atoms with van der Waals surface area (Å²) in [4.78, 5) is 19.4. The monoisotopic (exact) mass is 392 g/mol. The third kappa shape index (κ3) is 3.41. The van der Waals surface area contributed by atoms with E-state index in [1.165, 1.54) is 17.0 Å². The molecule has 2 N–H and O–H groups in total. The molecule has 0 radical (unpaired) electrons. The predicted molar refractivity (Wildman–Crippen MR) is 112 cm³/mol. The van der Waals surface area contributed by atoms with Gasteiger partial charge in [0.05, 0.1) is 11.9 Å². The summed E-state index contributed by atoms with van der Waals surface area (Å²) in [6, 6.07) is 8.10. The Morgan fingerprint density at radius 1 is 1.11 bits per heavy atom. The number of H-pyrrole nitrogens is 1. The maximum Gasteiger partial charge on any atom is 0.190 e. The third-order valence-electron chi connectivity index (χ3n) is 4.90. The van der Waals surface area contributed by atoms with Crippen LogP contribution >= 0.6 is 11.3 Å². The van der Waals surface area contributed by atoms with Crippen molar-refractivity contribution in [3.05, 3.63) is 42.9 Å². The number of rotatable bonds is 4. The van der Waals surface area contributed by atoms with Crippen LogP contribution in [0.4, 0.5) is 16.6 Å². The fourth-order valence-electron chi connectivity index (χ4n) is 3.28. The van der Waals surface area contributed by atoms with Crippen LogP contribution in [0.2, 0.25) is 0 Å². The zero-order chi connectivity index (χ0) is 18.9. The van der Waals surface area contributed by atoms with E-state index >= 15 is 0 Å². The quantitative estimate of drug-likeness (QED) is 0.552. The Hall–Kier alpha value is -3.04. The van der Waals surface area contributed by atoms with Crippen molar-refractivity contribution in [3.63, 3.8) is 0 Å². The molecule has 4 aromatic rings. The van der Waals surface area contributed by atoms with Crippen LogP contribution < -0.4 is 10.2 Å². The molecule has 0 aromatic carbocycles. The number of aromatic nitrogens is 5. The van der Waals surface area contributed by atoms with Crippen molar-refractivity contribution >= 4 is 38.3 Å². The van der Waals surface area contributed by atoms with E-state index < -0.39 is 0 Å². The van der Waals surface area contributed by atoms with Crippen LogP contribution in [-0.2, 0) is 0 Å². The van der Waals surface area contributed by atoms with Crippen molar-refractivity contribution in [1.29, 1.82) is 0 Å². The zero-order valence-corrected chi connectivity index (χ0v) is 16.3. The average Bonchev–Trinajstić information content (AvgIpc) is 3.37. The molecule has 0 aliphatic carbocycles. The number of hydrogen-bond donors (Lipinski definition) is 2. The Bertz CT molecular complexity index is 1080. The van der Waals surface area contributed by atoms with Crippen LogP contribution in [0.15, 0.2) is 42.9 Å². The van der Waals surface area contributed by atoms with Gasteiger partial charge >= 0.3 is 0 Å². The Labute approximate surface area is 166 Å². The normalized spacial score (nSPS) is 15.2. The minimum absolute atomic E-state index is 0.787. The van der Waals surface area contributed by atoms with E-state index in [0.717, 1.165) is 58.7 Å². The topological polar surface area (TPSA) is 85.9 Å². The summed E-state index contributed by atoms with van der Waals surface area (Å²) >= 11 is 1.52. The first-order valence-corrected chi connectivity index (χ1v) is 9.99. The maximum atomic E-state index is 4.70. The highest BCUT2D eigenvalue weighted by molar-refractivity contribution is 7.21. The molecule has 0 saturated carbocycles. The summed E-state index contributed by atoms with van der Waals surface area (Å²) in [6.45, 7) is 4.21. The molecule has 28 heavy (non-hydrogen) atoms. The van der Waals surface area contributed by atoms with Gasteiger partial charge in [-0.1, -0.05) is 11.3 Å². The van der Waals surface area contributed by atoms with Gasteiger partial charge in [0.1, 0.15) is 16.2 Å². The lowest BCUT2D eigenvalue weighted by molar-refractivity contribution is 0.313. The summed E-state index contributed by atoms with van der Waals surface area (Å²) in [5.74, 6) is 0.797. The smallest absolute Gasteiger partial charge is 0.190 e. The number of nitrogens with one attached hydrogen (secondary N) is 2. The number of thiazole rings is 1. The van der Waals surface area contributed by atoms with Crippen molar-refractivity contribution in [3.8, 4) is 11.3 Å². The van der Waals surface area contributed by atoms with E-state index in [0.29, 0.717) is 0 Å². The SMILES string of the molecule is CN1CCN(c2ccnc(Nc3nc4ccc(-c5cn[nH]c5)nc4s3)c2)CC1. The van der Waals surface area contributed by atoms with Crippen LogP contribution in [-0.4, -0.2) is 63.3 Å². The molecule has 5 rings (SSSR count). The van der Waals surface area contributed by atoms with Crippen molar-refractivity contribution < 1.29 is 0 Å². The van der Waals surface area contributed by atoms with Gasteiger partial charge in [0.25, 0.3) is 0 Å². The highest BCUT2D eigenvalue weighted by Crippen LogP contribution is 2.29.